The van der Waals surface area contributed by atoms with E-state index in [1.54, 1.807) is 0 Å². The summed E-state index contributed by atoms with van der Waals surface area (Å²) in [5.41, 5.74) is 4.15. The van der Waals surface area contributed by atoms with Crippen LogP contribution in [0.5, 0.6) is 0 Å². The van der Waals surface area contributed by atoms with Gasteiger partial charge in [-0.2, -0.15) is 0 Å². The summed E-state index contributed by atoms with van der Waals surface area (Å²) in [7, 11) is 0. The number of hydrogen-bond acceptors (Lipinski definition) is 2. The van der Waals surface area contributed by atoms with Crippen LogP contribution in [0, 0.1) is 6.92 Å². The first-order valence-corrected chi connectivity index (χ1v) is 12.3. The van der Waals surface area contributed by atoms with Gasteiger partial charge in [-0.15, -0.1) is 0 Å². The van der Waals surface area contributed by atoms with Gasteiger partial charge in [0.1, 0.15) is 0 Å². The summed E-state index contributed by atoms with van der Waals surface area (Å²) in [5, 5.41) is 7.04. The molecule has 0 fully saturated rings. The number of unbranched alkanes of at least 4 members (excludes halogenated alkanes) is 8. The molecule has 0 saturated heterocycles. The van der Waals surface area contributed by atoms with E-state index in [-0.39, 0.29) is 5.91 Å². The average molecular weight is 459 g/mol. The van der Waals surface area contributed by atoms with Crippen LogP contribution in [-0.4, -0.2) is 11.0 Å². The lowest BCUT2D eigenvalue weighted by Crippen LogP contribution is -2.34. The number of carbonyl (C=O) groups excluding carboxylic acids is 1. The van der Waals surface area contributed by atoms with E-state index in [4.69, 9.17) is 23.8 Å². The maximum Gasteiger partial charge on any atom is 0.226 e. The quantitative estimate of drug-likeness (QED) is 0.249. The molecule has 0 bridgehead atoms. The fraction of sp³-hybridized carbons (Fsp3) is 0.462. The lowest BCUT2D eigenvalue weighted by Gasteiger charge is -2.15. The molecular weight excluding hydrogens is 424 g/mol. The zero-order valence-electron chi connectivity index (χ0n) is 18.8. The van der Waals surface area contributed by atoms with Gasteiger partial charge in [-0.3, -0.25) is 4.79 Å². The second-order valence-corrected chi connectivity index (χ2v) is 8.91. The third-order valence-corrected chi connectivity index (χ3v) is 5.95. The van der Waals surface area contributed by atoms with Crippen molar-refractivity contribution in [1.82, 2.24) is 5.32 Å². The van der Waals surface area contributed by atoms with Crippen molar-refractivity contribution in [3.05, 3.63) is 53.1 Å². The predicted octanol–water partition coefficient (Wildman–Crippen LogP) is 8.05. The maximum absolute atomic E-state index is 12.2. The third kappa shape index (κ3) is 9.40. The highest BCUT2D eigenvalue weighted by atomic mass is 35.5. The average Bonchev–Trinajstić information content (AvgIpc) is 2.75. The number of thiocarbonyl (C=S) groups is 1. The zero-order chi connectivity index (χ0) is 22.5. The van der Waals surface area contributed by atoms with Crippen molar-refractivity contribution >= 4 is 40.5 Å². The van der Waals surface area contributed by atoms with Crippen LogP contribution in [0.1, 0.15) is 76.7 Å². The number of anilines is 1. The number of benzene rings is 2. The van der Waals surface area contributed by atoms with Crippen molar-refractivity contribution < 1.29 is 4.79 Å². The molecule has 1 amide bonds. The molecular formula is C26H35ClN2OS. The summed E-state index contributed by atoms with van der Waals surface area (Å²) in [6, 6.07) is 13.8. The van der Waals surface area contributed by atoms with Gasteiger partial charge in [-0.25, -0.2) is 0 Å². The Morgan fingerprint density at radius 2 is 1.52 bits per heavy atom. The molecule has 0 unspecified atom stereocenters. The molecule has 31 heavy (non-hydrogen) atoms. The minimum absolute atomic E-state index is 0.0213. The summed E-state index contributed by atoms with van der Waals surface area (Å²) in [4.78, 5) is 12.2. The molecule has 2 aromatic rings. The Hall–Kier alpha value is -1.91. The molecule has 0 heterocycles. The molecule has 2 N–H and O–H groups in total. The molecule has 2 rings (SSSR count). The lowest BCUT2D eigenvalue weighted by molar-refractivity contribution is -0.119. The van der Waals surface area contributed by atoms with Crippen LogP contribution in [0.4, 0.5) is 5.69 Å². The minimum Gasteiger partial charge on any atom is -0.332 e. The molecule has 0 atom stereocenters. The van der Waals surface area contributed by atoms with E-state index in [2.05, 4.69) is 23.6 Å². The second-order valence-electron chi connectivity index (χ2n) is 8.07. The van der Waals surface area contributed by atoms with Gasteiger partial charge in [-0.1, -0.05) is 94.2 Å². The van der Waals surface area contributed by atoms with E-state index >= 15 is 0 Å². The molecule has 0 aliphatic carbocycles. The van der Waals surface area contributed by atoms with E-state index in [0.717, 1.165) is 35.2 Å². The van der Waals surface area contributed by atoms with Gasteiger partial charge in [0, 0.05) is 17.1 Å². The van der Waals surface area contributed by atoms with E-state index in [1.165, 1.54) is 44.9 Å². The molecule has 2 aromatic carbocycles. The van der Waals surface area contributed by atoms with Crippen molar-refractivity contribution in [2.75, 3.05) is 5.32 Å². The molecule has 0 spiro atoms. The number of amides is 1. The first-order chi connectivity index (χ1) is 15.0. The fourth-order valence-electron chi connectivity index (χ4n) is 3.65. The number of nitrogens with one attached hydrogen (secondary N) is 2. The van der Waals surface area contributed by atoms with Crippen LogP contribution in [-0.2, 0) is 4.79 Å². The molecule has 168 valence electrons. The van der Waals surface area contributed by atoms with Crippen molar-refractivity contribution in [3.8, 4) is 11.1 Å². The highest BCUT2D eigenvalue weighted by Gasteiger charge is 2.09. The van der Waals surface area contributed by atoms with Gasteiger partial charge >= 0.3 is 0 Å². The van der Waals surface area contributed by atoms with Gasteiger partial charge in [0.05, 0.1) is 0 Å². The third-order valence-electron chi connectivity index (χ3n) is 5.50. The number of carbonyl (C=O) groups is 1. The predicted molar refractivity (Wildman–Crippen MR) is 138 cm³/mol. The van der Waals surface area contributed by atoms with E-state index in [9.17, 15) is 4.79 Å². The molecule has 0 saturated carbocycles. The fourth-order valence-corrected chi connectivity index (χ4v) is 4.00. The highest BCUT2D eigenvalue weighted by Crippen LogP contribution is 2.29. The summed E-state index contributed by atoms with van der Waals surface area (Å²) >= 11 is 11.4. The van der Waals surface area contributed by atoms with E-state index in [1.807, 2.05) is 43.3 Å². The lowest BCUT2D eigenvalue weighted by atomic mass is 9.99. The summed E-state index contributed by atoms with van der Waals surface area (Å²) < 4.78 is 0. The first-order valence-electron chi connectivity index (χ1n) is 11.5. The molecule has 0 aliphatic rings. The van der Waals surface area contributed by atoms with E-state index in [0.29, 0.717) is 16.6 Å². The Labute approximate surface area is 198 Å². The minimum atomic E-state index is -0.0213. The number of rotatable bonds is 12. The van der Waals surface area contributed by atoms with Gasteiger partial charge in [0.2, 0.25) is 5.91 Å². The summed E-state index contributed by atoms with van der Waals surface area (Å²) in [6.07, 6.45) is 11.7. The molecule has 0 radical (unpaired) electrons. The Kier molecular flexibility index (Phi) is 11.6. The molecule has 0 aromatic heterocycles. The van der Waals surface area contributed by atoms with Crippen LogP contribution in [0.3, 0.4) is 0 Å². The molecule has 0 aliphatic heterocycles. The SMILES string of the molecule is CCCCCCCCCCCC(=O)NC(=S)Nc1cccc(-c2ccc(Cl)cc2)c1C. The summed E-state index contributed by atoms with van der Waals surface area (Å²) in [6.45, 7) is 4.28. The molecule has 5 heteroatoms. The van der Waals surface area contributed by atoms with Crippen LogP contribution in [0.2, 0.25) is 5.02 Å². The van der Waals surface area contributed by atoms with Crippen LogP contribution in [0.25, 0.3) is 11.1 Å². The Bertz CT molecular complexity index is 836. The smallest absolute Gasteiger partial charge is 0.226 e. The van der Waals surface area contributed by atoms with Crippen molar-refractivity contribution in [2.45, 2.75) is 78.1 Å². The van der Waals surface area contributed by atoms with Crippen molar-refractivity contribution in [1.29, 1.82) is 0 Å². The maximum atomic E-state index is 12.2. The number of hydrogen-bond donors (Lipinski definition) is 2. The van der Waals surface area contributed by atoms with Crippen molar-refractivity contribution in [3.63, 3.8) is 0 Å². The van der Waals surface area contributed by atoms with Crippen molar-refractivity contribution in [2.24, 2.45) is 0 Å². The number of halogens is 1. The monoisotopic (exact) mass is 458 g/mol. The van der Waals surface area contributed by atoms with E-state index < -0.39 is 0 Å². The van der Waals surface area contributed by atoms with Gasteiger partial charge in [0.25, 0.3) is 0 Å². The Morgan fingerprint density at radius 3 is 2.16 bits per heavy atom. The topological polar surface area (TPSA) is 41.1 Å². The van der Waals surface area contributed by atoms with Gasteiger partial charge in [0.15, 0.2) is 5.11 Å². The highest BCUT2D eigenvalue weighted by molar-refractivity contribution is 7.80. The first kappa shape index (κ1) is 25.4. The Morgan fingerprint density at radius 1 is 0.903 bits per heavy atom. The largest absolute Gasteiger partial charge is 0.332 e. The Balaban J connectivity index is 1.73. The second kappa shape index (κ2) is 14.2. The zero-order valence-corrected chi connectivity index (χ0v) is 20.4. The van der Waals surface area contributed by atoms with Gasteiger partial charge < -0.3 is 10.6 Å². The summed E-state index contributed by atoms with van der Waals surface area (Å²) in [5.74, 6) is -0.0213. The molecule has 3 nitrogen and oxygen atoms in total. The van der Waals surface area contributed by atoms with Gasteiger partial charge in [-0.05, 0) is 60.5 Å². The standard InChI is InChI=1S/C26H35ClN2OS/c1-3-4-5-6-7-8-9-10-11-15-25(30)29-26(31)28-24-14-12-13-23(20(24)2)21-16-18-22(27)19-17-21/h12-14,16-19H,3-11,15H2,1-2H3,(H2,28,29,30,31). The van der Waals surface area contributed by atoms with Crippen LogP contribution >= 0.6 is 23.8 Å². The van der Waals surface area contributed by atoms with Crippen LogP contribution < -0.4 is 10.6 Å². The normalized spacial score (nSPS) is 10.7. The van der Waals surface area contributed by atoms with Crippen LogP contribution in [0.15, 0.2) is 42.5 Å².